The smallest absolute Gasteiger partial charge is 0.416 e. The zero-order chi connectivity index (χ0) is 24.8. The molecule has 1 amide bonds. The number of amides is 1. The van der Waals surface area contributed by atoms with E-state index in [4.69, 9.17) is 4.74 Å². The fourth-order valence-corrected chi connectivity index (χ4v) is 4.49. The number of anilines is 1. The van der Waals surface area contributed by atoms with Crippen LogP contribution in [0, 0.1) is 0 Å². The van der Waals surface area contributed by atoms with Gasteiger partial charge in [-0.25, -0.2) is 0 Å². The highest BCUT2D eigenvalue weighted by atomic mass is 19.4. The molecule has 0 bridgehead atoms. The molecule has 0 saturated carbocycles. The van der Waals surface area contributed by atoms with Crippen LogP contribution in [0.4, 0.5) is 18.9 Å². The van der Waals surface area contributed by atoms with E-state index in [9.17, 15) is 18.0 Å². The molecule has 1 aliphatic heterocycles. The van der Waals surface area contributed by atoms with Gasteiger partial charge in [-0.3, -0.25) is 4.79 Å². The van der Waals surface area contributed by atoms with Gasteiger partial charge in [0.05, 0.1) is 12.2 Å². The highest BCUT2D eigenvalue weighted by molar-refractivity contribution is 5.86. The monoisotopic (exact) mass is 482 g/mol. The molecule has 1 N–H and O–H groups in total. The minimum atomic E-state index is -4.35. The van der Waals surface area contributed by atoms with Crippen molar-refractivity contribution in [3.63, 3.8) is 0 Å². The van der Waals surface area contributed by atoms with Crippen LogP contribution in [0.15, 0.2) is 72.8 Å². The second kappa shape index (κ2) is 10.8. The topological polar surface area (TPSA) is 41.6 Å². The van der Waals surface area contributed by atoms with Gasteiger partial charge >= 0.3 is 6.18 Å². The van der Waals surface area contributed by atoms with E-state index in [1.165, 1.54) is 12.1 Å². The molecule has 1 atom stereocenters. The number of carbonyl (C=O) groups is 1. The highest BCUT2D eigenvalue weighted by Crippen LogP contribution is 2.34. The summed E-state index contributed by atoms with van der Waals surface area (Å²) in [6, 6.07) is 20.4. The van der Waals surface area contributed by atoms with Crippen LogP contribution in [0.1, 0.15) is 41.1 Å². The van der Waals surface area contributed by atoms with Crippen molar-refractivity contribution >= 4 is 11.6 Å². The minimum absolute atomic E-state index is 0.125. The number of ether oxygens (including phenoxy) is 1. The van der Waals surface area contributed by atoms with E-state index in [2.05, 4.69) is 16.3 Å². The Hall–Kier alpha value is -3.48. The molecular weight excluding hydrogens is 453 g/mol. The molecule has 3 aromatic rings. The largest absolute Gasteiger partial charge is 0.493 e. The van der Waals surface area contributed by atoms with Crippen molar-refractivity contribution in [1.29, 1.82) is 0 Å². The molecule has 4 nitrogen and oxygen atoms in total. The molecule has 4 rings (SSSR count). The van der Waals surface area contributed by atoms with Crippen LogP contribution in [-0.4, -0.2) is 26.1 Å². The summed E-state index contributed by atoms with van der Waals surface area (Å²) >= 11 is 0. The lowest BCUT2D eigenvalue weighted by Crippen LogP contribution is -2.40. The van der Waals surface area contributed by atoms with Gasteiger partial charge in [0.15, 0.2) is 0 Å². The number of likely N-dealkylation sites (N-methyl/N-ethyl adjacent to an activating group) is 1. The van der Waals surface area contributed by atoms with Crippen molar-refractivity contribution in [3.05, 3.63) is 95.1 Å². The summed E-state index contributed by atoms with van der Waals surface area (Å²) in [4.78, 5) is 15.2. The second-order valence-corrected chi connectivity index (χ2v) is 8.66. The average molecular weight is 483 g/mol. The molecule has 0 fully saturated rings. The van der Waals surface area contributed by atoms with Crippen LogP contribution in [0.3, 0.4) is 0 Å². The third-order valence-corrected chi connectivity index (χ3v) is 6.29. The molecule has 7 heteroatoms. The van der Waals surface area contributed by atoms with Gasteiger partial charge in [0.1, 0.15) is 11.8 Å². The predicted octanol–water partition coefficient (Wildman–Crippen LogP) is 5.96. The van der Waals surface area contributed by atoms with Crippen molar-refractivity contribution in [3.8, 4) is 5.75 Å². The van der Waals surface area contributed by atoms with Gasteiger partial charge < -0.3 is 15.0 Å². The Kier molecular flexibility index (Phi) is 7.63. The number of alkyl halides is 3. The highest BCUT2D eigenvalue weighted by Gasteiger charge is 2.30. The van der Waals surface area contributed by atoms with Crippen molar-refractivity contribution in [2.45, 2.75) is 37.9 Å². The molecular formula is C28H29F3N2O2. The molecule has 3 aromatic carbocycles. The van der Waals surface area contributed by atoms with Gasteiger partial charge in [-0.2, -0.15) is 13.2 Å². The van der Waals surface area contributed by atoms with Gasteiger partial charge in [0.25, 0.3) is 0 Å². The first-order valence-electron chi connectivity index (χ1n) is 11.8. The fourth-order valence-electron chi connectivity index (χ4n) is 4.49. The minimum Gasteiger partial charge on any atom is -0.493 e. The normalized spacial score (nSPS) is 13.9. The maximum absolute atomic E-state index is 13.1. The predicted molar refractivity (Wildman–Crippen MR) is 131 cm³/mol. The molecule has 1 aliphatic rings. The first-order valence-corrected chi connectivity index (χ1v) is 11.8. The first-order chi connectivity index (χ1) is 16.9. The fraction of sp³-hybridized carbons (Fsp3) is 0.321. The quantitative estimate of drug-likeness (QED) is 0.431. The Morgan fingerprint density at radius 1 is 1.06 bits per heavy atom. The maximum Gasteiger partial charge on any atom is 0.416 e. The third-order valence-electron chi connectivity index (χ3n) is 6.29. The van der Waals surface area contributed by atoms with Gasteiger partial charge in [-0.05, 0) is 72.7 Å². The molecule has 184 valence electrons. The second-order valence-electron chi connectivity index (χ2n) is 8.66. The molecule has 1 heterocycles. The van der Waals surface area contributed by atoms with E-state index >= 15 is 0 Å². The van der Waals surface area contributed by atoms with Crippen molar-refractivity contribution in [2.24, 2.45) is 0 Å². The zero-order valence-corrected chi connectivity index (χ0v) is 19.6. The Balaban J connectivity index is 1.60. The number of rotatable bonds is 8. The van der Waals surface area contributed by atoms with Crippen LogP contribution < -0.4 is 15.0 Å². The molecule has 0 aromatic heterocycles. The molecule has 1 unspecified atom stereocenters. The van der Waals surface area contributed by atoms with Crippen molar-refractivity contribution in [1.82, 2.24) is 5.32 Å². The van der Waals surface area contributed by atoms with Crippen molar-refractivity contribution in [2.75, 3.05) is 25.1 Å². The summed E-state index contributed by atoms with van der Waals surface area (Å²) in [7, 11) is 1.62. The number of nitrogens with zero attached hydrogens (tertiary/aromatic N) is 1. The van der Waals surface area contributed by atoms with Crippen LogP contribution in [0.2, 0.25) is 0 Å². The Morgan fingerprint density at radius 3 is 2.49 bits per heavy atom. The first kappa shape index (κ1) is 24.6. The van der Waals surface area contributed by atoms with Gasteiger partial charge in [-0.1, -0.05) is 42.5 Å². The summed E-state index contributed by atoms with van der Waals surface area (Å²) in [5.74, 6) is 0.751. The van der Waals surface area contributed by atoms with Crippen LogP contribution >= 0.6 is 0 Å². The van der Waals surface area contributed by atoms with Crippen LogP contribution in [-0.2, 0) is 23.8 Å². The average Bonchev–Trinajstić information content (AvgIpc) is 2.88. The maximum atomic E-state index is 13.1. The number of halogens is 3. The number of hydrogen-bond acceptors (Lipinski definition) is 3. The summed E-state index contributed by atoms with van der Waals surface area (Å²) in [5, 5.41) is 2.79. The number of aryl methyl sites for hydroxylation is 2. The van der Waals surface area contributed by atoms with Crippen molar-refractivity contribution < 1.29 is 22.7 Å². The van der Waals surface area contributed by atoms with Gasteiger partial charge in [-0.15, -0.1) is 0 Å². The number of carbonyl (C=O) groups excluding carboxylic acids is 1. The zero-order valence-electron chi connectivity index (χ0n) is 19.6. The van der Waals surface area contributed by atoms with Gasteiger partial charge in [0.2, 0.25) is 5.91 Å². The molecule has 0 aliphatic carbocycles. The summed E-state index contributed by atoms with van der Waals surface area (Å²) in [6.45, 7) is 1.25. The lowest BCUT2D eigenvalue weighted by atomic mass is 10.00. The SMILES string of the molecule is CNC(=O)C(c1ccccc1)N(CCCc1ccc(C(F)(F)F)cc1)c1ccc2c(c1)CCCO2. The van der Waals surface area contributed by atoms with Crippen LogP contribution in [0.5, 0.6) is 5.75 Å². The molecule has 0 radical (unpaired) electrons. The molecule has 35 heavy (non-hydrogen) atoms. The Morgan fingerprint density at radius 2 is 1.80 bits per heavy atom. The number of fused-ring (bicyclic) bond motifs is 1. The lowest BCUT2D eigenvalue weighted by molar-refractivity contribution is -0.137. The van der Waals surface area contributed by atoms with E-state index in [1.54, 1.807) is 7.05 Å². The van der Waals surface area contributed by atoms with E-state index < -0.39 is 17.8 Å². The Bertz CT molecular complexity index is 1130. The summed E-state index contributed by atoms with van der Waals surface area (Å²) in [6.07, 6.45) is -1.22. The van der Waals surface area contributed by atoms with E-state index in [0.29, 0.717) is 26.0 Å². The third kappa shape index (κ3) is 5.96. The summed E-state index contributed by atoms with van der Waals surface area (Å²) < 4.78 is 44.4. The molecule has 0 saturated heterocycles. The molecule has 0 spiro atoms. The number of benzene rings is 3. The van der Waals surface area contributed by atoms with E-state index in [-0.39, 0.29) is 5.91 Å². The summed E-state index contributed by atoms with van der Waals surface area (Å²) in [5.41, 5.74) is 3.08. The van der Waals surface area contributed by atoms with E-state index in [1.807, 2.05) is 42.5 Å². The lowest BCUT2D eigenvalue weighted by Gasteiger charge is -2.34. The number of nitrogens with one attached hydrogen (secondary N) is 1. The standard InChI is InChI=1S/C28H29F3N2O2/c1-32-27(34)26(21-8-3-2-4-9-21)33(24-15-16-25-22(19-24)10-6-18-35-25)17-5-7-20-11-13-23(14-12-20)28(29,30)31/h2-4,8-9,11-16,19,26H,5-7,10,17-18H2,1H3,(H,32,34). The Labute approximate surface area is 203 Å². The van der Waals surface area contributed by atoms with E-state index in [0.717, 1.165) is 53.1 Å². The number of hydrogen-bond donors (Lipinski definition) is 1. The van der Waals surface area contributed by atoms with Gasteiger partial charge in [0, 0.05) is 19.3 Å². The van der Waals surface area contributed by atoms with Crippen LogP contribution in [0.25, 0.3) is 0 Å².